The molecule has 0 amide bonds. The molecule has 3 aromatic rings. The van der Waals surface area contributed by atoms with E-state index in [0.717, 1.165) is 22.0 Å². The second-order valence-corrected chi connectivity index (χ2v) is 5.34. The van der Waals surface area contributed by atoms with Gasteiger partial charge in [-0.15, -0.1) is 0 Å². The summed E-state index contributed by atoms with van der Waals surface area (Å²) in [5, 5.41) is 4.29. The van der Waals surface area contributed by atoms with Crippen LogP contribution in [0.3, 0.4) is 0 Å². The summed E-state index contributed by atoms with van der Waals surface area (Å²) in [5.74, 6) is 0. The molecule has 106 valence electrons. The van der Waals surface area contributed by atoms with E-state index in [1.807, 2.05) is 41.1 Å². The molecule has 3 nitrogen and oxygen atoms in total. The molecule has 0 saturated carbocycles. The average molecular weight is 298 g/mol. The van der Waals surface area contributed by atoms with E-state index in [9.17, 15) is 0 Å². The number of aromatic nitrogens is 2. The third-order valence-corrected chi connectivity index (χ3v) is 3.64. The maximum Gasteiger partial charge on any atom is 0.0992 e. The molecule has 2 aromatic carbocycles. The van der Waals surface area contributed by atoms with Gasteiger partial charge in [0, 0.05) is 23.5 Å². The van der Waals surface area contributed by atoms with Gasteiger partial charge in [0.05, 0.1) is 17.7 Å². The lowest BCUT2D eigenvalue weighted by atomic mass is 10.1. The van der Waals surface area contributed by atoms with Crippen LogP contribution in [0.2, 0.25) is 5.02 Å². The summed E-state index contributed by atoms with van der Waals surface area (Å²) in [6.07, 6.45) is 5.51. The second kappa shape index (κ2) is 6.02. The van der Waals surface area contributed by atoms with Crippen molar-refractivity contribution in [3.63, 3.8) is 0 Å². The molecule has 3 rings (SSSR count). The third kappa shape index (κ3) is 3.09. The summed E-state index contributed by atoms with van der Waals surface area (Å²) < 4.78 is 1.99. The van der Waals surface area contributed by atoms with Gasteiger partial charge in [-0.2, -0.15) is 0 Å². The Balaban J connectivity index is 1.88. The molecule has 0 radical (unpaired) electrons. The number of hydrogen-bond donors (Lipinski definition) is 1. The van der Waals surface area contributed by atoms with Crippen LogP contribution in [0.15, 0.2) is 67.3 Å². The van der Waals surface area contributed by atoms with Crippen LogP contribution in [-0.4, -0.2) is 9.55 Å². The molecule has 0 saturated heterocycles. The van der Waals surface area contributed by atoms with Crippen molar-refractivity contribution in [1.82, 2.24) is 9.55 Å². The molecule has 1 heterocycles. The van der Waals surface area contributed by atoms with Crippen molar-refractivity contribution in [2.45, 2.75) is 13.0 Å². The highest BCUT2D eigenvalue weighted by Gasteiger charge is 2.09. The summed E-state index contributed by atoms with van der Waals surface area (Å²) in [6, 6.07) is 16.2. The monoisotopic (exact) mass is 297 g/mol. The number of nitrogens with zero attached hydrogens (tertiary/aromatic N) is 2. The zero-order valence-electron chi connectivity index (χ0n) is 11.7. The van der Waals surface area contributed by atoms with Gasteiger partial charge in [-0.05, 0) is 36.8 Å². The van der Waals surface area contributed by atoms with E-state index in [1.165, 1.54) is 0 Å². The number of halogens is 1. The molecule has 0 spiro atoms. The Labute approximate surface area is 129 Å². The number of anilines is 1. The average Bonchev–Trinajstić information content (AvgIpc) is 3.02. The van der Waals surface area contributed by atoms with Crippen LogP contribution in [0.5, 0.6) is 0 Å². The van der Waals surface area contributed by atoms with Gasteiger partial charge in [0.25, 0.3) is 0 Å². The lowest BCUT2D eigenvalue weighted by Gasteiger charge is -2.19. The van der Waals surface area contributed by atoms with E-state index in [0.29, 0.717) is 0 Å². The number of nitrogens with one attached hydrogen (secondary N) is 1. The first-order valence-corrected chi connectivity index (χ1v) is 7.21. The van der Waals surface area contributed by atoms with Gasteiger partial charge in [-0.25, -0.2) is 4.98 Å². The largest absolute Gasteiger partial charge is 0.377 e. The molecule has 1 N–H and O–H groups in total. The molecule has 1 unspecified atom stereocenters. The third-order valence-electron chi connectivity index (χ3n) is 3.41. The number of imidazole rings is 1. The van der Waals surface area contributed by atoms with Gasteiger partial charge in [0.1, 0.15) is 0 Å². The smallest absolute Gasteiger partial charge is 0.0992 e. The normalized spacial score (nSPS) is 12.1. The Hall–Kier alpha value is -2.26. The van der Waals surface area contributed by atoms with E-state index >= 15 is 0 Å². The Morgan fingerprint density at radius 3 is 2.76 bits per heavy atom. The maximum absolute atomic E-state index is 6.06. The predicted molar refractivity (Wildman–Crippen MR) is 87.1 cm³/mol. The minimum Gasteiger partial charge on any atom is -0.377 e. The Morgan fingerprint density at radius 2 is 2.00 bits per heavy atom. The second-order valence-electron chi connectivity index (χ2n) is 4.91. The van der Waals surface area contributed by atoms with E-state index in [1.54, 1.807) is 12.5 Å². The quantitative estimate of drug-likeness (QED) is 0.756. The minimum absolute atomic E-state index is 0.161. The molecule has 0 fully saturated rings. The molecule has 0 aliphatic heterocycles. The number of benzene rings is 2. The number of hydrogen-bond acceptors (Lipinski definition) is 2. The van der Waals surface area contributed by atoms with Crippen LogP contribution >= 0.6 is 11.6 Å². The zero-order chi connectivity index (χ0) is 14.7. The highest BCUT2D eigenvalue weighted by Crippen LogP contribution is 2.26. The fourth-order valence-corrected chi connectivity index (χ4v) is 2.51. The van der Waals surface area contributed by atoms with Gasteiger partial charge >= 0.3 is 0 Å². The molecule has 0 bridgehead atoms. The highest BCUT2D eigenvalue weighted by molar-refractivity contribution is 6.30. The van der Waals surface area contributed by atoms with Crippen molar-refractivity contribution in [3.05, 3.63) is 77.8 Å². The van der Waals surface area contributed by atoms with Crippen LogP contribution in [-0.2, 0) is 0 Å². The van der Waals surface area contributed by atoms with E-state index in [4.69, 9.17) is 11.6 Å². The molecule has 0 aliphatic rings. The summed E-state index contributed by atoms with van der Waals surface area (Å²) in [5.41, 5.74) is 3.29. The molecule has 21 heavy (non-hydrogen) atoms. The summed E-state index contributed by atoms with van der Waals surface area (Å²) >= 11 is 6.06. The molecular weight excluding hydrogens is 282 g/mol. The first-order chi connectivity index (χ1) is 10.2. The standard InChI is InChI=1S/C17H16ClN3/c1-13(14-5-4-6-15(18)11-14)20-16-7-2-3-8-17(16)21-10-9-19-12-21/h2-13,20H,1H3. The van der Waals surface area contributed by atoms with Gasteiger partial charge < -0.3 is 9.88 Å². The van der Waals surface area contributed by atoms with Crippen molar-refractivity contribution >= 4 is 17.3 Å². The van der Waals surface area contributed by atoms with Crippen LogP contribution in [0, 0.1) is 0 Å². The first-order valence-electron chi connectivity index (χ1n) is 6.83. The van der Waals surface area contributed by atoms with Crippen molar-refractivity contribution < 1.29 is 0 Å². The van der Waals surface area contributed by atoms with Crippen molar-refractivity contribution in [2.75, 3.05) is 5.32 Å². The van der Waals surface area contributed by atoms with Crippen molar-refractivity contribution in [3.8, 4) is 5.69 Å². The van der Waals surface area contributed by atoms with E-state index in [2.05, 4.69) is 35.4 Å². The molecule has 4 heteroatoms. The first kappa shape index (κ1) is 13.7. The van der Waals surface area contributed by atoms with E-state index in [-0.39, 0.29) is 6.04 Å². The lowest BCUT2D eigenvalue weighted by molar-refractivity contribution is 0.879. The Morgan fingerprint density at radius 1 is 1.14 bits per heavy atom. The number of rotatable bonds is 4. The topological polar surface area (TPSA) is 29.9 Å². The van der Waals surface area contributed by atoms with Crippen LogP contribution < -0.4 is 5.32 Å². The van der Waals surface area contributed by atoms with Gasteiger partial charge in [0.15, 0.2) is 0 Å². The van der Waals surface area contributed by atoms with Gasteiger partial charge in [-0.1, -0.05) is 35.9 Å². The Bertz CT molecular complexity index is 722. The van der Waals surface area contributed by atoms with Gasteiger partial charge in [0.2, 0.25) is 0 Å². The lowest BCUT2D eigenvalue weighted by Crippen LogP contribution is -2.09. The van der Waals surface area contributed by atoms with Gasteiger partial charge in [-0.3, -0.25) is 0 Å². The predicted octanol–water partition coefficient (Wildman–Crippen LogP) is 4.70. The summed E-state index contributed by atoms with van der Waals surface area (Å²) in [6.45, 7) is 2.12. The van der Waals surface area contributed by atoms with Crippen LogP contribution in [0.1, 0.15) is 18.5 Å². The SMILES string of the molecule is CC(Nc1ccccc1-n1ccnc1)c1cccc(Cl)c1. The van der Waals surface area contributed by atoms with Crippen molar-refractivity contribution in [1.29, 1.82) is 0 Å². The maximum atomic E-state index is 6.06. The minimum atomic E-state index is 0.161. The summed E-state index contributed by atoms with van der Waals surface area (Å²) in [4.78, 5) is 4.11. The fraction of sp³-hybridized carbons (Fsp3) is 0.118. The van der Waals surface area contributed by atoms with Crippen molar-refractivity contribution in [2.24, 2.45) is 0 Å². The molecule has 1 aromatic heterocycles. The molecule has 0 aliphatic carbocycles. The highest BCUT2D eigenvalue weighted by atomic mass is 35.5. The van der Waals surface area contributed by atoms with Crippen LogP contribution in [0.25, 0.3) is 5.69 Å². The number of para-hydroxylation sites is 2. The Kier molecular flexibility index (Phi) is 3.93. The zero-order valence-corrected chi connectivity index (χ0v) is 12.5. The molecule has 1 atom stereocenters. The summed E-state index contributed by atoms with van der Waals surface area (Å²) in [7, 11) is 0. The van der Waals surface area contributed by atoms with E-state index < -0.39 is 0 Å². The van der Waals surface area contributed by atoms with Crippen LogP contribution in [0.4, 0.5) is 5.69 Å². The fourth-order valence-electron chi connectivity index (χ4n) is 2.31. The molecular formula is C17H16ClN3.